The Kier molecular flexibility index (Phi) is 5.17. The molecule has 4 heteroatoms. The third-order valence-corrected chi connectivity index (χ3v) is 6.11. The molecule has 2 N–H and O–H groups in total. The van der Waals surface area contributed by atoms with Crippen LogP contribution in [0.3, 0.4) is 0 Å². The number of benzene rings is 2. The minimum Gasteiger partial charge on any atom is -0.493 e. The van der Waals surface area contributed by atoms with Gasteiger partial charge in [0.25, 0.3) is 0 Å². The van der Waals surface area contributed by atoms with E-state index in [0.717, 1.165) is 43.2 Å². The smallest absolute Gasteiger partial charge is 0.307 e. The summed E-state index contributed by atoms with van der Waals surface area (Å²) in [5, 5.41) is 20.4. The van der Waals surface area contributed by atoms with Gasteiger partial charge in [-0.2, -0.15) is 0 Å². The molecule has 0 radical (unpaired) electrons. The summed E-state index contributed by atoms with van der Waals surface area (Å²) in [5.41, 5.74) is 3.03. The Hall–Kier alpha value is -2.33. The van der Waals surface area contributed by atoms with Gasteiger partial charge >= 0.3 is 5.97 Å². The van der Waals surface area contributed by atoms with Crippen LogP contribution in [-0.4, -0.2) is 22.8 Å². The summed E-state index contributed by atoms with van der Waals surface area (Å²) in [4.78, 5) is 11.6. The zero-order valence-corrected chi connectivity index (χ0v) is 15.4. The lowest BCUT2D eigenvalue weighted by Gasteiger charge is -2.33. The Labute approximate surface area is 159 Å². The highest BCUT2D eigenvalue weighted by Gasteiger charge is 2.34. The number of fused-ring (bicyclic) bond motifs is 1. The van der Waals surface area contributed by atoms with Crippen molar-refractivity contribution in [3.05, 3.63) is 65.2 Å². The molecule has 4 rings (SSSR count). The SMILES string of the molecule is O=C(O)C1CCCCC1c1ccc2c(c1)OC[C@H](Cc1ccccc1)[C@H]2O. The molecule has 2 aliphatic rings. The zero-order chi connectivity index (χ0) is 18.8. The van der Waals surface area contributed by atoms with E-state index in [4.69, 9.17) is 4.74 Å². The molecule has 1 fully saturated rings. The first-order valence-corrected chi connectivity index (χ1v) is 9.85. The number of hydrogen-bond acceptors (Lipinski definition) is 3. The van der Waals surface area contributed by atoms with E-state index in [1.165, 1.54) is 5.56 Å². The second-order valence-corrected chi connectivity index (χ2v) is 7.84. The summed E-state index contributed by atoms with van der Waals surface area (Å²) < 4.78 is 6.00. The van der Waals surface area contributed by atoms with Crippen molar-refractivity contribution in [2.45, 2.75) is 44.1 Å². The number of hydrogen-bond donors (Lipinski definition) is 2. The van der Waals surface area contributed by atoms with E-state index in [9.17, 15) is 15.0 Å². The highest BCUT2D eigenvalue weighted by molar-refractivity contribution is 5.71. The number of rotatable bonds is 4. The number of aliphatic carboxylic acids is 1. The topological polar surface area (TPSA) is 66.8 Å². The summed E-state index contributed by atoms with van der Waals surface area (Å²) in [6.45, 7) is 0.472. The van der Waals surface area contributed by atoms with Crippen LogP contribution in [0.5, 0.6) is 5.75 Å². The van der Waals surface area contributed by atoms with Gasteiger partial charge in [-0.3, -0.25) is 4.79 Å². The van der Waals surface area contributed by atoms with Crippen molar-refractivity contribution in [3.63, 3.8) is 0 Å². The third-order valence-electron chi connectivity index (χ3n) is 6.11. The second kappa shape index (κ2) is 7.73. The standard InChI is InChI=1S/C23H26O4/c24-22-17(12-15-6-2-1-3-7-15)14-27-21-13-16(10-11-20(21)22)18-8-4-5-9-19(18)23(25)26/h1-3,6-7,10-11,13,17-19,22,24H,4-5,8-9,12,14H2,(H,25,26)/t17-,18?,19?,22+/m0/s1. The quantitative estimate of drug-likeness (QED) is 0.845. The van der Waals surface area contributed by atoms with E-state index in [-0.39, 0.29) is 17.8 Å². The highest BCUT2D eigenvalue weighted by atomic mass is 16.5. The van der Waals surface area contributed by atoms with Crippen molar-refractivity contribution in [2.24, 2.45) is 11.8 Å². The molecule has 0 aromatic heterocycles. The molecule has 0 saturated heterocycles. The van der Waals surface area contributed by atoms with E-state index in [1.807, 2.05) is 36.4 Å². The van der Waals surface area contributed by atoms with Crippen molar-refractivity contribution >= 4 is 5.97 Å². The molecule has 1 heterocycles. The lowest BCUT2D eigenvalue weighted by Crippen LogP contribution is -2.28. The first kappa shape index (κ1) is 18.1. The van der Waals surface area contributed by atoms with Gasteiger partial charge in [0.2, 0.25) is 0 Å². The minimum atomic E-state index is -0.707. The average molecular weight is 366 g/mol. The fourth-order valence-electron chi connectivity index (χ4n) is 4.61. The molecule has 27 heavy (non-hydrogen) atoms. The molecule has 0 bridgehead atoms. The Morgan fingerprint density at radius 1 is 1.07 bits per heavy atom. The Bertz CT molecular complexity index is 801. The molecule has 2 aromatic rings. The zero-order valence-electron chi connectivity index (χ0n) is 15.4. The molecule has 1 saturated carbocycles. The third kappa shape index (κ3) is 3.72. The molecule has 0 spiro atoms. The molecule has 0 amide bonds. The lowest BCUT2D eigenvalue weighted by molar-refractivity contribution is -0.143. The van der Waals surface area contributed by atoms with Crippen molar-refractivity contribution in [2.75, 3.05) is 6.61 Å². The molecule has 2 aromatic carbocycles. The highest BCUT2D eigenvalue weighted by Crippen LogP contribution is 2.43. The molecule has 142 valence electrons. The summed E-state index contributed by atoms with van der Waals surface area (Å²) in [6, 6.07) is 16.0. The first-order chi connectivity index (χ1) is 13.1. The first-order valence-electron chi connectivity index (χ1n) is 9.85. The summed E-state index contributed by atoms with van der Waals surface area (Å²) in [7, 11) is 0. The van der Waals surface area contributed by atoms with Crippen molar-refractivity contribution in [1.82, 2.24) is 0 Å². The number of aliphatic hydroxyl groups is 1. The molecule has 2 unspecified atom stereocenters. The molecular formula is C23H26O4. The van der Waals surface area contributed by atoms with Crippen LogP contribution in [-0.2, 0) is 11.2 Å². The minimum absolute atomic E-state index is 0.0206. The van der Waals surface area contributed by atoms with Gasteiger partial charge < -0.3 is 14.9 Å². The van der Waals surface area contributed by atoms with Crippen molar-refractivity contribution < 1.29 is 19.7 Å². The van der Waals surface area contributed by atoms with E-state index in [0.29, 0.717) is 12.4 Å². The predicted molar refractivity (Wildman–Crippen MR) is 103 cm³/mol. The molecule has 4 nitrogen and oxygen atoms in total. The fraction of sp³-hybridized carbons (Fsp3) is 0.435. The van der Waals surface area contributed by atoms with Gasteiger partial charge in [-0.05, 0) is 42.4 Å². The number of carbonyl (C=O) groups is 1. The van der Waals surface area contributed by atoms with Gasteiger partial charge in [0.1, 0.15) is 5.75 Å². The number of carboxylic acids is 1. The van der Waals surface area contributed by atoms with Crippen molar-refractivity contribution in [1.29, 1.82) is 0 Å². The summed E-state index contributed by atoms with van der Waals surface area (Å²) in [6.07, 6.45) is 3.88. The van der Waals surface area contributed by atoms with E-state index in [2.05, 4.69) is 12.1 Å². The van der Waals surface area contributed by atoms with Gasteiger partial charge in [-0.1, -0.05) is 55.3 Å². The largest absolute Gasteiger partial charge is 0.493 e. The Balaban J connectivity index is 1.54. The van der Waals surface area contributed by atoms with Crippen LogP contribution in [0.4, 0.5) is 0 Å². The number of ether oxygens (including phenoxy) is 1. The maximum Gasteiger partial charge on any atom is 0.307 e. The van der Waals surface area contributed by atoms with Crippen LogP contribution >= 0.6 is 0 Å². The van der Waals surface area contributed by atoms with Crippen LogP contribution in [0.1, 0.15) is 54.4 Å². The molecular weight excluding hydrogens is 340 g/mol. The lowest BCUT2D eigenvalue weighted by atomic mass is 9.75. The monoisotopic (exact) mass is 366 g/mol. The second-order valence-electron chi connectivity index (χ2n) is 7.84. The Morgan fingerprint density at radius 2 is 1.85 bits per heavy atom. The number of aliphatic hydroxyl groups excluding tert-OH is 1. The van der Waals surface area contributed by atoms with E-state index >= 15 is 0 Å². The number of carboxylic acid groups (broad SMARTS) is 1. The Morgan fingerprint density at radius 3 is 2.63 bits per heavy atom. The van der Waals surface area contributed by atoms with E-state index < -0.39 is 12.1 Å². The van der Waals surface area contributed by atoms with Crippen LogP contribution in [0, 0.1) is 11.8 Å². The van der Waals surface area contributed by atoms with E-state index in [1.54, 1.807) is 0 Å². The van der Waals surface area contributed by atoms with Crippen LogP contribution in [0.15, 0.2) is 48.5 Å². The maximum atomic E-state index is 11.6. The van der Waals surface area contributed by atoms with Gasteiger partial charge in [0.15, 0.2) is 0 Å². The molecule has 4 atom stereocenters. The van der Waals surface area contributed by atoms with Gasteiger partial charge in [-0.15, -0.1) is 0 Å². The average Bonchev–Trinajstić information content (AvgIpc) is 2.70. The van der Waals surface area contributed by atoms with Crippen LogP contribution in [0.2, 0.25) is 0 Å². The maximum absolute atomic E-state index is 11.6. The normalized spacial score (nSPS) is 27.4. The summed E-state index contributed by atoms with van der Waals surface area (Å²) >= 11 is 0. The molecule has 1 aliphatic carbocycles. The van der Waals surface area contributed by atoms with Crippen LogP contribution < -0.4 is 4.74 Å². The summed E-state index contributed by atoms with van der Waals surface area (Å²) in [5.74, 6) is -0.270. The van der Waals surface area contributed by atoms with Gasteiger partial charge in [0, 0.05) is 11.5 Å². The molecule has 1 aliphatic heterocycles. The van der Waals surface area contributed by atoms with Crippen molar-refractivity contribution in [3.8, 4) is 5.75 Å². The van der Waals surface area contributed by atoms with Gasteiger partial charge in [0.05, 0.1) is 18.6 Å². The van der Waals surface area contributed by atoms with Crippen LogP contribution in [0.25, 0.3) is 0 Å². The fourth-order valence-corrected chi connectivity index (χ4v) is 4.61. The van der Waals surface area contributed by atoms with Gasteiger partial charge in [-0.25, -0.2) is 0 Å². The predicted octanol–water partition coefficient (Wildman–Crippen LogP) is 4.33.